The van der Waals surface area contributed by atoms with Crippen LogP contribution in [0.25, 0.3) is 0 Å². The average Bonchev–Trinajstić information content (AvgIpc) is 2.88. The van der Waals surface area contributed by atoms with Gasteiger partial charge in [-0.3, -0.25) is 4.68 Å². The fraction of sp³-hybridized carbons (Fsp3) is 0.500. The normalized spacial score (nSPS) is 12.5. The minimum Gasteiger partial charge on any atom is -0.383 e. The van der Waals surface area contributed by atoms with Crippen LogP contribution in [0.4, 0.5) is 0 Å². The molecule has 2 aromatic heterocycles. The molecule has 0 spiro atoms. The third-order valence-electron chi connectivity index (χ3n) is 3.11. The van der Waals surface area contributed by atoms with Gasteiger partial charge in [0.05, 0.1) is 41.3 Å². The Morgan fingerprint density at radius 2 is 2.33 bits per heavy atom. The summed E-state index contributed by atoms with van der Waals surface area (Å²) in [5.74, 6) is 0. The van der Waals surface area contributed by atoms with Gasteiger partial charge < -0.3 is 10.1 Å². The molecule has 21 heavy (non-hydrogen) atoms. The van der Waals surface area contributed by atoms with Crippen LogP contribution in [0.3, 0.4) is 0 Å². The van der Waals surface area contributed by atoms with E-state index >= 15 is 0 Å². The van der Waals surface area contributed by atoms with E-state index in [0.717, 1.165) is 28.8 Å². The zero-order chi connectivity index (χ0) is 15.1. The predicted molar refractivity (Wildman–Crippen MR) is 84.0 cm³/mol. The van der Waals surface area contributed by atoms with Crippen LogP contribution in [-0.4, -0.2) is 40.0 Å². The van der Waals surface area contributed by atoms with Crippen molar-refractivity contribution in [3.63, 3.8) is 0 Å². The quantitative estimate of drug-likeness (QED) is 0.787. The van der Waals surface area contributed by atoms with Crippen LogP contribution in [0.5, 0.6) is 0 Å². The number of aromatic nitrogens is 4. The number of hydrogen-bond acceptors (Lipinski definition) is 5. The van der Waals surface area contributed by atoms with Crippen LogP contribution in [0.1, 0.15) is 30.8 Å². The van der Waals surface area contributed by atoms with Crippen LogP contribution in [0.15, 0.2) is 29.3 Å². The second-order valence-electron chi connectivity index (χ2n) is 4.62. The van der Waals surface area contributed by atoms with Crippen LogP contribution in [-0.2, 0) is 11.3 Å². The van der Waals surface area contributed by atoms with E-state index in [1.165, 1.54) is 0 Å². The highest BCUT2D eigenvalue weighted by molar-refractivity contribution is 9.10. The van der Waals surface area contributed by atoms with Gasteiger partial charge in [-0.15, -0.1) is 0 Å². The average molecular weight is 354 g/mol. The SMILES string of the molecule is CCCNC(c1ccncn1)c1c(Br)cnn1CCOC. The van der Waals surface area contributed by atoms with Gasteiger partial charge in [-0.25, -0.2) is 9.97 Å². The summed E-state index contributed by atoms with van der Waals surface area (Å²) in [4.78, 5) is 8.37. The van der Waals surface area contributed by atoms with E-state index in [-0.39, 0.29) is 6.04 Å². The van der Waals surface area contributed by atoms with Crippen LogP contribution in [0, 0.1) is 0 Å². The summed E-state index contributed by atoms with van der Waals surface area (Å²) in [5.41, 5.74) is 1.98. The van der Waals surface area contributed by atoms with E-state index in [1.807, 2.05) is 16.9 Å². The number of nitrogens with zero attached hydrogens (tertiary/aromatic N) is 4. The summed E-state index contributed by atoms with van der Waals surface area (Å²) in [6.07, 6.45) is 6.19. The van der Waals surface area contributed by atoms with Crippen molar-refractivity contribution in [1.29, 1.82) is 0 Å². The zero-order valence-corrected chi connectivity index (χ0v) is 13.9. The molecular weight excluding hydrogens is 334 g/mol. The van der Waals surface area contributed by atoms with E-state index in [9.17, 15) is 0 Å². The van der Waals surface area contributed by atoms with Crippen molar-refractivity contribution in [1.82, 2.24) is 25.1 Å². The Morgan fingerprint density at radius 1 is 1.48 bits per heavy atom. The fourth-order valence-electron chi connectivity index (χ4n) is 2.12. The largest absolute Gasteiger partial charge is 0.383 e. The third-order valence-corrected chi connectivity index (χ3v) is 3.72. The summed E-state index contributed by atoms with van der Waals surface area (Å²) in [7, 11) is 1.69. The molecule has 114 valence electrons. The number of hydrogen-bond donors (Lipinski definition) is 1. The Hall–Kier alpha value is -1.31. The standard InChI is InChI=1S/C14H20BrN5O/c1-3-5-17-13(12-4-6-16-10-18-12)14-11(15)9-19-20(14)7-8-21-2/h4,6,9-10,13,17H,3,5,7-8H2,1-2H3. The summed E-state index contributed by atoms with van der Waals surface area (Å²) >= 11 is 3.59. The first-order valence-corrected chi connectivity index (χ1v) is 7.76. The van der Waals surface area contributed by atoms with Crippen LogP contribution in [0.2, 0.25) is 0 Å². The first kappa shape index (κ1) is 16.1. The number of halogens is 1. The first-order valence-electron chi connectivity index (χ1n) is 6.97. The van der Waals surface area contributed by atoms with E-state index < -0.39 is 0 Å². The molecule has 0 saturated carbocycles. The molecule has 2 aromatic rings. The maximum Gasteiger partial charge on any atom is 0.115 e. The molecule has 2 rings (SSSR count). The lowest BCUT2D eigenvalue weighted by atomic mass is 10.1. The molecule has 0 radical (unpaired) electrons. The lowest BCUT2D eigenvalue weighted by molar-refractivity contribution is 0.182. The van der Waals surface area contributed by atoms with Crippen molar-refractivity contribution in [2.75, 3.05) is 20.3 Å². The molecule has 0 aliphatic heterocycles. The fourth-order valence-corrected chi connectivity index (χ4v) is 2.64. The summed E-state index contributed by atoms with van der Waals surface area (Å²) in [6, 6.07) is 1.90. The van der Waals surface area contributed by atoms with E-state index in [4.69, 9.17) is 4.74 Å². The molecule has 0 fully saturated rings. The molecule has 0 aromatic carbocycles. The second-order valence-corrected chi connectivity index (χ2v) is 5.47. The van der Waals surface area contributed by atoms with Gasteiger partial charge in [-0.1, -0.05) is 6.92 Å². The Bertz CT molecular complexity index is 546. The molecule has 0 amide bonds. The van der Waals surface area contributed by atoms with Crippen molar-refractivity contribution >= 4 is 15.9 Å². The van der Waals surface area contributed by atoms with Gasteiger partial charge in [0.25, 0.3) is 0 Å². The molecule has 0 bridgehead atoms. The highest BCUT2D eigenvalue weighted by Crippen LogP contribution is 2.27. The van der Waals surface area contributed by atoms with Crippen molar-refractivity contribution in [3.05, 3.63) is 40.6 Å². The van der Waals surface area contributed by atoms with Gasteiger partial charge in [0, 0.05) is 13.3 Å². The number of rotatable bonds is 8. The van der Waals surface area contributed by atoms with E-state index in [1.54, 1.807) is 19.6 Å². The lowest BCUT2D eigenvalue weighted by Crippen LogP contribution is -2.27. The molecule has 0 saturated heterocycles. The lowest BCUT2D eigenvalue weighted by Gasteiger charge is -2.20. The molecule has 2 heterocycles. The molecule has 0 aliphatic rings. The van der Waals surface area contributed by atoms with Gasteiger partial charge in [-0.05, 0) is 35.0 Å². The topological polar surface area (TPSA) is 64.9 Å². The van der Waals surface area contributed by atoms with Gasteiger partial charge >= 0.3 is 0 Å². The molecular formula is C14H20BrN5O. The zero-order valence-electron chi connectivity index (χ0n) is 12.3. The van der Waals surface area contributed by atoms with Crippen molar-refractivity contribution in [2.24, 2.45) is 0 Å². The van der Waals surface area contributed by atoms with Crippen LogP contribution < -0.4 is 5.32 Å². The number of ether oxygens (including phenoxy) is 1. The van der Waals surface area contributed by atoms with E-state index in [0.29, 0.717) is 13.2 Å². The smallest absolute Gasteiger partial charge is 0.115 e. The molecule has 0 aliphatic carbocycles. The second kappa shape index (κ2) is 8.21. The van der Waals surface area contributed by atoms with Crippen molar-refractivity contribution in [2.45, 2.75) is 25.9 Å². The highest BCUT2D eigenvalue weighted by Gasteiger charge is 2.22. The molecule has 6 nitrogen and oxygen atoms in total. The van der Waals surface area contributed by atoms with Gasteiger partial charge in [0.1, 0.15) is 6.33 Å². The van der Waals surface area contributed by atoms with Crippen LogP contribution >= 0.6 is 15.9 Å². The monoisotopic (exact) mass is 353 g/mol. The summed E-state index contributed by atoms with van der Waals surface area (Å²) in [6.45, 7) is 4.36. The highest BCUT2D eigenvalue weighted by atomic mass is 79.9. The Balaban J connectivity index is 2.34. The Morgan fingerprint density at radius 3 is 3.00 bits per heavy atom. The molecule has 1 N–H and O–H groups in total. The minimum atomic E-state index is -0.0262. The number of nitrogens with one attached hydrogen (secondary N) is 1. The van der Waals surface area contributed by atoms with Gasteiger partial charge in [-0.2, -0.15) is 5.10 Å². The van der Waals surface area contributed by atoms with Crippen molar-refractivity contribution < 1.29 is 4.74 Å². The molecule has 1 unspecified atom stereocenters. The summed E-state index contributed by atoms with van der Waals surface area (Å²) in [5, 5.41) is 7.94. The van der Waals surface area contributed by atoms with Gasteiger partial charge in [0.15, 0.2) is 0 Å². The van der Waals surface area contributed by atoms with Crippen molar-refractivity contribution in [3.8, 4) is 0 Å². The maximum absolute atomic E-state index is 5.15. The molecule has 1 atom stereocenters. The summed E-state index contributed by atoms with van der Waals surface area (Å²) < 4.78 is 8.07. The predicted octanol–water partition coefficient (Wildman–Crippen LogP) is 2.17. The maximum atomic E-state index is 5.15. The number of methoxy groups -OCH3 is 1. The minimum absolute atomic E-state index is 0.0262. The first-order chi connectivity index (χ1) is 10.3. The Labute approximate surface area is 133 Å². The van der Waals surface area contributed by atoms with Gasteiger partial charge in [0.2, 0.25) is 0 Å². The molecule has 7 heteroatoms. The Kier molecular flexibility index (Phi) is 6.28. The third kappa shape index (κ3) is 4.09. The van der Waals surface area contributed by atoms with E-state index in [2.05, 4.69) is 43.2 Å².